The molecule has 2 nitrogen and oxygen atoms in total. The summed E-state index contributed by atoms with van der Waals surface area (Å²) in [6, 6.07) is 0. The Labute approximate surface area is 111 Å². The molecule has 0 unspecified atom stereocenters. The molecule has 1 aliphatic rings. The van der Waals surface area contributed by atoms with Crippen molar-refractivity contribution in [3.63, 3.8) is 0 Å². The lowest BCUT2D eigenvalue weighted by Gasteiger charge is -2.28. The summed E-state index contributed by atoms with van der Waals surface area (Å²) in [5, 5.41) is 0. The fourth-order valence-corrected chi connectivity index (χ4v) is 1.98. The van der Waals surface area contributed by atoms with Gasteiger partial charge in [-0.1, -0.05) is 30.9 Å². The predicted molar refractivity (Wildman–Crippen MR) is 79.9 cm³/mol. The standard InChI is InChI=1S/C16H24N2/c1-3-9-15(10-4-2)18(14-8-13-17)16-11-6-5-7-12-16/h3-4,6,9-12H,1,5,7-8,13-14,17H2,2H3/b10-4-,15-9+. The number of hydrogen-bond donors (Lipinski definition) is 1. The first-order valence-electron chi connectivity index (χ1n) is 6.63. The highest BCUT2D eigenvalue weighted by Crippen LogP contribution is 2.20. The Morgan fingerprint density at radius 2 is 2.33 bits per heavy atom. The van der Waals surface area contributed by atoms with Gasteiger partial charge in [-0.3, -0.25) is 0 Å². The summed E-state index contributed by atoms with van der Waals surface area (Å²) in [6.45, 7) is 7.48. The molecule has 0 spiro atoms. The third-order valence-corrected chi connectivity index (χ3v) is 2.81. The van der Waals surface area contributed by atoms with Crippen molar-refractivity contribution in [1.82, 2.24) is 4.90 Å². The first-order chi connectivity index (χ1) is 8.83. The van der Waals surface area contributed by atoms with Gasteiger partial charge >= 0.3 is 0 Å². The minimum atomic E-state index is 0.713. The summed E-state index contributed by atoms with van der Waals surface area (Å²) in [4.78, 5) is 2.31. The molecule has 18 heavy (non-hydrogen) atoms. The van der Waals surface area contributed by atoms with Crippen molar-refractivity contribution in [3.05, 3.63) is 60.5 Å². The second-order valence-corrected chi connectivity index (χ2v) is 4.23. The highest BCUT2D eigenvalue weighted by molar-refractivity contribution is 5.32. The van der Waals surface area contributed by atoms with Gasteiger partial charge in [0.1, 0.15) is 0 Å². The number of nitrogens with two attached hydrogens (primary N) is 1. The number of nitrogens with zero attached hydrogens (tertiary/aromatic N) is 1. The van der Waals surface area contributed by atoms with Crippen LogP contribution >= 0.6 is 0 Å². The van der Waals surface area contributed by atoms with Crippen LogP contribution in [0.2, 0.25) is 0 Å². The van der Waals surface area contributed by atoms with Crippen LogP contribution in [0.5, 0.6) is 0 Å². The summed E-state index contributed by atoms with van der Waals surface area (Å²) in [5.74, 6) is 0. The summed E-state index contributed by atoms with van der Waals surface area (Å²) in [5.41, 5.74) is 8.06. The number of hydrogen-bond acceptors (Lipinski definition) is 2. The molecule has 0 aromatic heterocycles. The van der Waals surface area contributed by atoms with E-state index in [-0.39, 0.29) is 0 Å². The molecular formula is C16H24N2. The molecule has 1 rings (SSSR count). The number of allylic oxidation sites excluding steroid dienone is 7. The Bertz CT molecular complexity index is 373. The molecule has 0 fully saturated rings. The van der Waals surface area contributed by atoms with Gasteiger partial charge < -0.3 is 10.6 Å². The van der Waals surface area contributed by atoms with Gasteiger partial charge in [-0.25, -0.2) is 0 Å². The van der Waals surface area contributed by atoms with Crippen LogP contribution in [0.25, 0.3) is 0 Å². The maximum atomic E-state index is 5.63. The Morgan fingerprint density at radius 3 is 2.89 bits per heavy atom. The van der Waals surface area contributed by atoms with Crippen molar-refractivity contribution >= 4 is 0 Å². The lowest BCUT2D eigenvalue weighted by atomic mass is 10.1. The Balaban J connectivity index is 2.94. The van der Waals surface area contributed by atoms with Gasteiger partial charge in [0.05, 0.1) is 0 Å². The van der Waals surface area contributed by atoms with E-state index in [0.29, 0.717) is 6.54 Å². The lowest BCUT2D eigenvalue weighted by molar-refractivity contribution is 0.440. The van der Waals surface area contributed by atoms with Crippen LogP contribution in [-0.2, 0) is 0 Å². The van der Waals surface area contributed by atoms with E-state index in [4.69, 9.17) is 5.73 Å². The molecule has 0 aliphatic heterocycles. The van der Waals surface area contributed by atoms with Gasteiger partial charge in [0.25, 0.3) is 0 Å². The van der Waals surface area contributed by atoms with Crippen molar-refractivity contribution in [1.29, 1.82) is 0 Å². The smallest absolute Gasteiger partial charge is 0.0407 e. The van der Waals surface area contributed by atoms with Crippen LogP contribution in [0.4, 0.5) is 0 Å². The molecule has 2 N–H and O–H groups in total. The molecule has 1 aliphatic carbocycles. The minimum Gasteiger partial charge on any atom is -0.342 e. The third-order valence-electron chi connectivity index (χ3n) is 2.81. The van der Waals surface area contributed by atoms with Gasteiger partial charge in [-0.2, -0.15) is 0 Å². The SMILES string of the molecule is C=C/C=C(\C=C/C)N(CCCN)C1=CCCC=C1. The molecule has 0 heterocycles. The summed E-state index contributed by atoms with van der Waals surface area (Å²) in [6.07, 6.45) is 18.0. The molecule has 2 heteroatoms. The zero-order valence-corrected chi connectivity index (χ0v) is 11.3. The normalized spacial score (nSPS) is 15.9. The van der Waals surface area contributed by atoms with Crippen LogP contribution < -0.4 is 5.73 Å². The highest BCUT2D eigenvalue weighted by Gasteiger charge is 2.11. The lowest BCUT2D eigenvalue weighted by Crippen LogP contribution is -2.24. The van der Waals surface area contributed by atoms with Crippen molar-refractivity contribution in [3.8, 4) is 0 Å². The van der Waals surface area contributed by atoms with Gasteiger partial charge in [0, 0.05) is 17.9 Å². The molecular weight excluding hydrogens is 220 g/mol. The molecule has 0 atom stereocenters. The highest BCUT2D eigenvalue weighted by atomic mass is 15.1. The first kappa shape index (κ1) is 14.5. The largest absolute Gasteiger partial charge is 0.342 e. The van der Waals surface area contributed by atoms with E-state index in [2.05, 4.69) is 41.9 Å². The summed E-state index contributed by atoms with van der Waals surface area (Å²) in [7, 11) is 0. The van der Waals surface area contributed by atoms with E-state index in [9.17, 15) is 0 Å². The molecule has 0 amide bonds. The molecule has 0 bridgehead atoms. The second-order valence-electron chi connectivity index (χ2n) is 4.23. The summed E-state index contributed by atoms with van der Waals surface area (Å²) < 4.78 is 0. The second kappa shape index (κ2) is 8.54. The van der Waals surface area contributed by atoms with Gasteiger partial charge in [0.15, 0.2) is 0 Å². The van der Waals surface area contributed by atoms with Crippen molar-refractivity contribution in [2.24, 2.45) is 5.73 Å². The monoisotopic (exact) mass is 244 g/mol. The maximum Gasteiger partial charge on any atom is 0.0407 e. The van der Waals surface area contributed by atoms with Gasteiger partial charge in [0.2, 0.25) is 0 Å². The van der Waals surface area contributed by atoms with Crippen LogP contribution in [-0.4, -0.2) is 18.0 Å². The van der Waals surface area contributed by atoms with Crippen LogP contribution in [0.3, 0.4) is 0 Å². The van der Waals surface area contributed by atoms with Crippen LogP contribution in [0.1, 0.15) is 26.2 Å². The average molecular weight is 244 g/mol. The topological polar surface area (TPSA) is 29.3 Å². The zero-order valence-electron chi connectivity index (χ0n) is 11.3. The van der Waals surface area contributed by atoms with E-state index in [1.165, 1.54) is 11.4 Å². The maximum absolute atomic E-state index is 5.63. The van der Waals surface area contributed by atoms with Crippen LogP contribution in [0.15, 0.2) is 60.5 Å². The molecule has 0 aromatic carbocycles. The zero-order chi connectivity index (χ0) is 13.2. The predicted octanol–water partition coefficient (Wildman–Crippen LogP) is 3.52. The van der Waals surface area contributed by atoms with Crippen molar-refractivity contribution in [2.75, 3.05) is 13.1 Å². The van der Waals surface area contributed by atoms with Crippen molar-refractivity contribution < 1.29 is 0 Å². The Hall–Kier alpha value is -1.54. The fourth-order valence-electron chi connectivity index (χ4n) is 1.98. The molecule has 0 aromatic rings. The first-order valence-corrected chi connectivity index (χ1v) is 6.63. The average Bonchev–Trinajstić information content (AvgIpc) is 2.41. The van der Waals surface area contributed by atoms with Gasteiger partial charge in [-0.05, 0) is 51.0 Å². The number of rotatable bonds is 7. The van der Waals surface area contributed by atoms with E-state index >= 15 is 0 Å². The minimum absolute atomic E-state index is 0.713. The van der Waals surface area contributed by atoms with E-state index in [1.807, 2.05) is 19.1 Å². The Morgan fingerprint density at radius 1 is 1.50 bits per heavy atom. The van der Waals surface area contributed by atoms with Crippen LogP contribution in [0, 0.1) is 0 Å². The van der Waals surface area contributed by atoms with E-state index in [0.717, 1.165) is 25.8 Å². The molecule has 98 valence electrons. The molecule has 0 saturated heterocycles. The van der Waals surface area contributed by atoms with E-state index < -0.39 is 0 Å². The fraction of sp³-hybridized carbons (Fsp3) is 0.375. The molecule has 0 saturated carbocycles. The van der Waals surface area contributed by atoms with Gasteiger partial charge in [-0.15, -0.1) is 0 Å². The summed E-state index contributed by atoms with van der Waals surface area (Å²) >= 11 is 0. The molecule has 0 radical (unpaired) electrons. The van der Waals surface area contributed by atoms with E-state index in [1.54, 1.807) is 0 Å². The quantitative estimate of drug-likeness (QED) is 0.694. The van der Waals surface area contributed by atoms with Crippen molar-refractivity contribution in [2.45, 2.75) is 26.2 Å². The Kier molecular flexibility index (Phi) is 6.89. The third kappa shape index (κ3) is 4.38.